The molecule has 0 spiro atoms. The van der Waals surface area contributed by atoms with Crippen LogP contribution >= 0.6 is 0 Å². The maximum atomic E-state index is 14.3. The first-order valence-electron chi connectivity index (χ1n) is 19.3. The standard InChI is InChI=1S/C37H60N4O10/c1-23(49-26-14-7-4-8-15-26)32(39-34(44)29(38-25(3)42)22-31(43)51-28-18-11-6-12-19-28)35(45)40-33(24(2)50-27-16-9-5-10-17-27)36(46)41-21-13-20-30(41)37(47)48/h23-24,26-30,32-33H,4-22H2,1-3H3,(H,38,42)(H,39,44)(H,40,45)(H,47,48)/t23-,24-,29?,30+,32+,33+/m1/s1. The highest BCUT2D eigenvalue weighted by molar-refractivity contribution is 5.96. The molecule has 0 bridgehead atoms. The number of carbonyl (C=O) groups is 6. The fraction of sp³-hybridized carbons (Fsp3) is 0.838. The Kier molecular flexibility index (Phi) is 16.0. The van der Waals surface area contributed by atoms with E-state index >= 15 is 0 Å². The van der Waals surface area contributed by atoms with Gasteiger partial charge in [0.15, 0.2) is 0 Å². The van der Waals surface area contributed by atoms with E-state index < -0.39 is 78.4 Å². The van der Waals surface area contributed by atoms with Crippen molar-refractivity contribution in [3.05, 3.63) is 0 Å². The van der Waals surface area contributed by atoms with Crippen LogP contribution in [-0.2, 0) is 43.0 Å². The average Bonchev–Trinajstić information content (AvgIpc) is 3.61. The minimum Gasteiger partial charge on any atom is -0.480 e. The molecule has 4 N–H and O–H groups in total. The lowest BCUT2D eigenvalue weighted by molar-refractivity contribution is -0.153. The molecule has 1 heterocycles. The summed E-state index contributed by atoms with van der Waals surface area (Å²) < 4.78 is 18.3. The van der Waals surface area contributed by atoms with Crippen molar-refractivity contribution in [3.8, 4) is 0 Å². The first-order valence-corrected chi connectivity index (χ1v) is 19.3. The van der Waals surface area contributed by atoms with Gasteiger partial charge in [0.25, 0.3) is 0 Å². The summed E-state index contributed by atoms with van der Waals surface area (Å²) in [5, 5.41) is 17.9. The summed E-state index contributed by atoms with van der Waals surface area (Å²) in [6.07, 6.45) is 12.1. The molecule has 4 fully saturated rings. The largest absolute Gasteiger partial charge is 0.480 e. The third kappa shape index (κ3) is 12.4. The maximum Gasteiger partial charge on any atom is 0.326 e. The van der Waals surface area contributed by atoms with Gasteiger partial charge in [-0.1, -0.05) is 44.9 Å². The van der Waals surface area contributed by atoms with E-state index in [9.17, 15) is 33.9 Å². The van der Waals surface area contributed by atoms with Gasteiger partial charge in [-0.25, -0.2) is 4.79 Å². The molecule has 288 valence electrons. The van der Waals surface area contributed by atoms with E-state index in [-0.39, 0.29) is 24.9 Å². The quantitative estimate of drug-likeness (QED) is 0.172. The number of carboxylic acid groups (broad SMARTS) is 1. The van der Waals surface area contributed by atoms with Crippen LogP contribution < -0.4 is 16.0 Å². The lowest BCUT2D eigenvalue weighted by atomic mass is 9.97. The van der Waals surface area contributed by atoms with Gasteiger partial charge in [-0.2, -0.15) is 0 Å². The molecule has 1 aliphatic heterocycles. The maximum absolute atomic E-state index is 14.3. The second kappa shape index (κ2) is 20.1. The Balaban J connectivity index is 1.55. The molecular weight excluding hydrogens is 660 g/mol. The van der Waals surface area contributed by atoms with Crippen molar-refractivity contribution in [2.24, 2.45) is 0 Å². The number of aliphatic carboxylic acids is 1. The Labute approximate surface area is 301 Å². The highest BCUT2D eigenvalue weighted by Crippen LogP contribution is 2.26. The smallest absolute Gasteiger partial charge is 0.326 e. The molecule has 0 radical (unpaired) electrons. The second-order valence-corrected chi connectivity index (χ2v) is 14.9. The van der Waals surface area contributed by atoms with Crippen LogP contribution in [0.15, 0.2) is 0 Å². The predicted octanol–water partition coefficient (Wildman–Crippen LogP) is 3.28. The van der Waals surface area contributed by atoms with Gasteiger partial charge in [0.05, 0.1) is 30.8 Å². The third-order valence-corrected chi connectivity index (χ3v) is 10.7. The van der Waals surface area contributed by atoms with E-state index in [4.69, 9.17) is 14.2 Å². The SMILES string of the molecule is CC(=O)NC(CC(=O)OC1CCCCC1)C(=O)N[C@H](C(=O)N[C@H](C(=O)N1CCC[C@H]1C(=O)O)[C@@H](C)OC1CCCCC1)[C@@H](C)OC1CCCCC1. The van der Waals surface area contributed by atoms with Crippen LogP contribution in [-0.4, -0.2) is 107 Å². The molecule has 3 saturated carbocycles. The zero-order chi connectivity index (χ0) is 36.9. The molecule has 0 aromatic rings. The van der Waals surface area contributed by atoms with Gasteiger partial charge in [-0.05, 0) is 78.1 Å². The van der Waals surface area contributed by atoms with E-state index in [1.807, 2.05) is 0 Å². The number of rotatable bonds is 16. The number of nitrogens with one attached hydrogen (secondary N) is 3. The first-order chi connectivity index (χ1) is 24.4. The third-order valence-electron chi connectivity index (χ3n) is 10.7. The van der Waals surface area contributed by atoms with Crippen LogP contribution in [0.2, 0.25) is 0 Å². The first kappa shape index (κ1) is 40.5. The molecule has 6 atom stereocenters. The van der Waals surface area contributed by atoms with Gasteiger partial charge in [-0.15, -0.1) is 0 Å². The zero-order valence-corrected chi connectivity index (χ0v) is 30.7. The Morgan fingerprint density at radius 2 is 1.14 bits per heavy atom. The summed E-state index contributed by atoms with van der Waals surface area (Å²) >= 11 is 0. The molecule has 4 aliphatic rings. The molecule has 14 heteroatoms. The molecule has 1 unspecified atom stereocenters. The Bertz CT molecular complexity index is 1200. The molecular formula is C37H60N4O10. The van der Waals surface area contributed by atoms with E-state index in [0.29, 0.717) is 12.8 Å². The summed E-state index contributed by atoms with van der Waals surface area (Å²) in [5.41, 5.74) is 0. The van der Waals surface area contributed by atoms with E-state index in [1.165, 1.54) is 11.8 Å². The number of esters is 1. The molecule has 4 amide bonds. The number of hydrogen-bond donors (Lipinski definition) is 4. The molecule has 51 heavy (non-hydrogen) atoms. The summed E-state index contributed by atoms with van der Waals surface area (Å²) in [5.74, 6) is -4.33. The number of carbonyl (C=O) groups excluding carboxylic acids is 5. The van der Waals surface area contributed by atoms with Crippen LogP contribution in [0.1, 0.15) is 136 Å². The van der Waals surface area contributed by atoms with Crippen molar-refractivity contribution >= 4 is 35.6 Å². The highest BCUT2D eigenvalue weighted by atomic mass is 16.5. The van der Waals surface area contributed by atoms with Crippen molar-refractivity contribution < 1.29 is 48.1 Å². The van der Waals surface area contributed by atoms with Crippen molar-refractivity contribution in [1.29, 1.82) is 0 Å². The number of ether oxygens (including phenoxy) is 3. The average molecular weight is 721 g/mol. The molecule has 1 saturated heterocycles. The molecule has 0 aromatic heterocycles. The summed E-state index contributed by atoms with van der Waals surface area (Å²) in [6.45, 7) is 4.83. The van der Waals surface area contributed by atoms with Gasteiger partial charge in [0, 0.05) is 13.5 Å². The molecule has 0 aromatic carbocycles. The number of carboxylic acids is 1. The number of amides is 4. The van der Waals surface area contributed by atoms with Gasteiger partial charge < -0.3 is 40.2 Å². The molecule has 3 aliphatic carbocycles. The van der Waals surface area contributed by atoms with E-state index in [2.05, 4.69) is 16.0 Å². The van der Waals surface area contributed by atoms with Crippen molar-refractivity contribution in [2.45, 2.75) is 191 Å². The normalized spacial score (nSPS) is 23.7. The van der Waals surface area contributed by atoms with Crippen molar-refractivity contribution in [1.82, 2.24) is 20.9 Å². The Morgan fingerprint density at radius 1 is 0.647 bits per heavy atom. The van der Waals surface area contributed by atoms with Gasteiger partial charge in [0.1, 0.15) is 30.3 Å². The van der Waals surface area contributed by atoms with Crippen LogP contribution in [0.5, 0.6) is 0 Å². The van der Waals surface area contributed by atoms with Gasteiger partial charge in [-0.3, -0.25) is 24.0 Å². The fourth-order valence-corrected chi connectivity index (χ4v) is 7.94. The van der Waals surface area contributed by atoms with Crippen LogP contribution in [0.25, 0.3) is 0 Å². The monoisotopic (exact) mass is 720 g/mol. The van der Waals surface area contributed by atoms with Gasteiger partial charge >= 0.3 is 11.9 Å². The Morgan fingerprint density at radius 3 is 1.65 bits per heavy atom. The van der Waals surface area contributed by atoms with Crippen LogP contribution in [0, 0.1) is 0 Å². The fourth-order valence-electron chi connectivity index (χ4n) is 7.94. The second-order valence-electron chi connectivity index (χ2n) is 14.9. The predicted molar refractivity (Wildman–Crippen MR) is 186 cm³/mol. The molecule has 14 nitrogen and oxygen atoms in total. The van der Waals surface area contributed by atoms with E-state index in [0.717, 1.165) is 96.3 Å². The van der Waals surface area contributed by atoms with Crippen molar-refractivity contribution in [2.75, 3.05) is 6.54 Å². The Hall–Kier alpha value is -3.26. The topological polar surface area (TPSA) is 190 Å². The summed E-state index contributed by atoms with van der Waals surface area (Å²) in [7, 11) is 0. The van der Waals surface area contributed by atoms with Crippen molar-refractivity contribution in [3.63, 3.8) is 0 Å². The van der Waals surface area contributed by atoms with E-state index in [1.54, 1.807) is 13.8 Å². The summed E-state index contributed by atoms with van der Waals surface area (Å²) in [6, 6.07) is -4.90. The summed E-state index contributed by atoms with van der Waals surface area (Å²) in [4.78, 5) is 80.6. The van der Waals surface area contributed by atoms with Crippen LogP contribution in [0.4, 0.5) is 0 Å². The van der Waals surface area contributed by atoms with Gasteiger partial charge in [0.2, 0.25) is 23.6 Å². The molecule has 4 rings (SSSR count). The highest BCUT2D eigenvalue weighted by Gasteiger charge is 2.42. The lowest BCUT2D eigenvalue weighted by Crippen LogP contribution is -2.63. The lowest BCUT2D eigenvalue weighted by Gasteiger charge is -2.35. The number of likely N-dealkylation sites (tertiary alicyclic amines) is 1. The van der Waals surface area contributed by atoms with Crippen LogP contribution in [0.3, 0.4) is 0 Å². The minimum atomic E-state index is -1.32. The number of hydrogen-bond acceptors (Lipinski definition) is 9. The zero-order valence-electron chi connectivity index (χ0n) is 30.7. The minimum absolute atomic E-state index is 0.106. The number of nitrogens with zero attached hydrogens (tertiary/aromatic N) is 1.